The van der Waals surface area contributed by atoms with Gasteiger partial charge in [0.1, 0.15) is 30.2 Å². The van der Waals surface area contributed by atoms with Crippen molar-refractivity contribution in [2.24, 2.45) is 5.10 Å². The molecule has 0 atom stereocenters. The Balaban J connectivity index is 1.96. The summed E-state index contributed by atoms with van der Waals surface area (Å²) in [7, 11) is 0. The van der Waals surface area contributed by atoms with Crippen molar-refractivity contribution in [3.8, 4) is 0 Å². The van der Waals surface area contributed by atoms with E-state index in [1.165, 1.54) is 6.07 Å². The van der Waals surface area contributed by atoms with Crippen LogP contribution in [0.3, 0.4) is 0 Å². The van der Waals surface area contributed by atoms with Crippen molar-refractivity contribution >= 4 is 12.1 Å². The molecule has 0 aliphatic heterocycles. The van der Waals surface area contributed by atoms with Crippen LogP contribution in [-0.2, 0) is 17.9 Å². The van der Waals surface area contributed by atoms with Crippen LogP contribution in [-0.4, -0.2) is 37.9 Å². The molecule has 0 spiro atoms. The number of halogens is 7. The number of nitrogens with zero attached hydrogens (tertiary/aromatic N) is 5. The third kappa shape index (κ3) is 6.07. The standard InChI is InChI=1S/C13H11F7N6O/c14-11(15)8-3-9(12(16)17)26(24-8)5-10(27)22-21-4-7-1-2-25(23-7)6-13(18,19)20/h1-4,11-12H,5-6H2,(H,22,27). The van der Waals surface area contributed by atoms with Crippen molar-refractivity contribution in [3.63, 3.8) is 0 Å². The number of aromatic nitrogens is 4. The second kappa shape index (κ2) is 8.18. The van der Waals surface area contributed by atoms with Crippen LogP contribution in [0.5, 0.6) is 0 Å². The topological polar surface area (TPSA) is 77.1 Å². The Kier molecular flexibility index (Phi) is 6.17. The Labute approximate surface area is 146 Å². The van der Waals surface area contributed by atoms with Gasteiger partial charge in [0, 0.05) is 6.20 Å². The predicted molar refractivity (Wildman–Crippen MR) is 76.2 cm³/mol. The predicted octanol–water partition coefficient (Wildman–Crippen LogP) is 2.67. The molecular formula is C13H11F7N6O. The fraction of sp³-hybridized carbons (Fsp3) is 0.385. The van der Waals surface area contributed by atoms with Gasteiger partial charge in [-0.2, -0.15) is 28.5 Å². The van der Waals surface area contributed by atoms with E-state index in [-0.39, 0.29) is 5.69 Å². The highest BCUT2D eigenvalue weighted by atomic mass is 19.4. The Hall–Kier alpha value is -2.93. The quantitative estimate of drug-likeness (QED) is 0.441. The van der Waals surface area contributed by atoms with Crippen LogP contribution in [0.2, 0.25) is 0 Å². The molecular weight excluding hydrogens is 389 g/mol. The number of hydrazone groups is 1. The maximum atomic E-state index is 12.8. The fourth-order valence-electron chi connectivity index (χ4n) is 1.92. The van der Waals surface area contributed by atoms with E-state index in [9.17, 15) is 35.5 Å². The summed E-state index contributed by atoms with van der Waals surface area (Å²) in [5.41, 5.74) is 0.129. The third-order valence-electron chi connectivity index (χ3n) is 2.96. The number of carbonyl (C=O) groups excluding carboxylic acids is 1. The van der Waals surface area contributed by atoms with Gasteiger partial charge in [-0.25, -0.2) is 23.0 Å². The average molecular weight is 400 g/mol. The summed E-state index contributed by atoms with van der Waals surface area (Å²) in [5.74, 6) is -0.966. The molecule has 0 aliphatic rings. The molecule has 0 unspecified atom stereocenters. The Morgan fingerprint density at radius 2 is 1.93 bits per heavy atom. The molecule has 1 N–H and O–H groups in total. The molecule has 0 saturated heterocycles. The van der Waals surface area contributed by atoms with E-state index in [0.717, 1.165) is 12.4 Å². The lowest BCUT2D eigenvalue weighted by Gasteiger charge is -2.05. The summed E-state index contributed by atoms with van der Waals surface area (Å²) in [6.45, 7) is -2.12. The molecule has 0 aromatic carbocycles. The first-order chi connectivity index (χ1) is 12.5. The Morgan fingerprint density at radius 3 is 2.52 bits per heavy atom. The summed E-state index contributed by atoms with van der Waals surface area (Å²) in [4.78, 5) is 11.7. The van der Waals surface area contributed by atoms with Gasteiger partial charge in [-0.05, 0) is 12.1 Å². The zero-order valence-electron chi connectivity index (χ0n) is 13.2. The van der Waals surface area contributed by atoms with Crippen molar-refractivity contribution in [1.29, 1.82) is 0 Å². The summed E-state index contributed by atoms with van der Waals surface area (Å²) < 4.78 is 88.3. The summed E-state index contributed by atoms with van der Waals surface area (Å²) in [6, 6.07) is 1.68. The highest BCUT2D eigenvalue weighted by Crippen LogP contribution is 2.24. The zero-order chi connectivity index (χ0) is 20.2. The maximum Gasteiger partial charge on any atom is 0.408 e. The largest absolute Gasteiger partial charge is 0.408 e. The molecule has 2 heterocycles. The smallest absolute Gasteiger partial charge is 0.271 e. The number of alkyl halides is 7. The minimum Gasteiger partial charge on any atom is -0.271 e. The highest BCUT2D eigenvalue weighted by Gasteiger charge is 2.28. The van der Waals surface area contributed by atoms with Crippen LogP contribution in [0.25, 0.3) is 0 Å². The van der Waals surface area contributed by atoms with Gasteiger partial charge < -0.3 is 0 Å². The molecule has 27 heavy (non-hydrogen) atoms. The summed E-state index contributed by atoms with van der Waals surface area (Å²) in [6.07, 6.45) is -8.71. The van der Waals surface area contributed by atoms with Gasteiger partial charge in [-0.3, -0.25) is 14.2 Å². The van der Waals surface area contributed by atoms with E-state index in [1.807, 2.05) is 5.43 Å². The second-order valence-electron chi connectivity index (χ2n) is 5.10. The van der Waals surface area contributed by atoms with Gasteiger partial charge >= 0.3 is 6.18 Å². The van der Waals surface area contributed by atoms with Crippen LogP contribution >= 0.6 is 0 Å². The van der Waals surface area contributed by atoms with Crippen molar-refractivity contribution in [2.75, 3.05) is 0 Å². The van der Waals surface area contributed by atoms with Gasteiger partial charge in [-0.15, -0.1) is 0 Å². The normalized spacial score (nSPS) is 12.5. The van der Waals surface area contributed by atoms with Crippen molar-refractivity contribution in [2.45, 2.75) is 32.1 Å². The first-order valence-electron chi connectivity index (χ1n) is 7.11. The monoisotopic (exact) mass is 400 g/mol. The molecule has 0 fully saturated rings. The molecule has 0 bridgehead atoms. The fourth-order valence-corrected chi connectivity index (χ4v) is 1.92. The molecule has 7 nitrogen and oxygen atoms in total. The zero-order valence-corrected chi connectivity index (χ0v) is 13.2. The van der Waals surface area contributed by atoms with Gasteiger partial charge in [0.2, 0.25) is 0 Å². The van der Waals surface area contributed by atoms with Gasteiger partial charge in [0.05, 0.1) is 6.21 Å². The summed E-state index contributed by atoms with van der Waals surface area (Å²) in [5, 5.41) is 10.2. The van der Waals surface area contributed by atoms with Crippen LogP contribution < -0.4 is 5.43 Å². The number of rotatable bonds is 7. The average Bonchev–Trinajstić information content (AvgIpc) is 3.12. The van der Waals surface area contributed by atoms with Crippen molar-refractivity contribution in [1.82, 2.24) is 25.0 Å². The van der Waals surface area contributed by atoms with E-state index >= 15 is 0 Å². The first kappa shape index (κ1) is 20.4. The molecule has 1 amide bonds. The van der Waals surface area contributed by atoms with Crippen LogP contribution in [0.1, 0.15) is 29.9 Å². The molecule has 0 saturated carbocycles. The Morgan fingerprint density at radius 1 is 1.22 bits per heavy atom. The molecule has 14 heteroatoms. The molecule has 2 rings (SSSR count). The second-order valence-corrected chi connectivity index (χ2v) is 5.10. The van der Waals surface area contributed by atoms with Crippen molar-refractivity contribution < 1.29 is 35.5 Å². The molecule has 2 aromatic heterocycles. The highest BCUT2D eigenvalue weighted by molar-refractivity contribution is 5.80. The van der Waals surface area contributed by atoms with E-state index in [1.54, 1.807) is 0 Å². The number of nitrogens with one attached hydrogen (secondary N) is 1. The Bertz CT molecular complexity index is 810. The number of amides is 1. The minimum atomic E-state index is -4.46. The van der Waals surface area contributed by atoms with Gasteiger partial charge in [-0.1, -0.05) is 0 Å². The van der Waals surface area contributed by atoms with Gasteiger partial charge in [0.25, 0.3) is 18.8 Å². The number of hydrogen-bond donors (Lipinski definition) is 1. The molecule has 0 aliphatic carbocycles. The van der Waals surface area contributed by atoms with Crippen LogP contribution in [0.4, 0.5) is 30.7 Å². The van der Waals surface area contributed by atoms with E-state index in [4.69, 9.17) is 0 Å². The number of carbonyl (C=O) groups is 1. The number of hydrogen-bond acceptors (Lipinski definition) is 4. The molecule has 148 valence electrons. The molecule has 0 radical (unpaired) electrons. The van der Waals surface area contributed by atoms with E-state index < -0.39 is 49.4 Å². The maximum absolute atomic E-state index is 12.8. The molecule has 2 aromatic rings. The lowest BCUT2D eigenvalue weighted by atomic mass is 10.3. The van der Waals surface area contributed by atoms with Crippen LogP contribution in [0.15, 0.2) is 23.4 Å². The van der Waals surface area contributed by atoms with E-state index in [2.05, 4.69) is 15.3 Å². The SMILES string of the molecule is O=C(Cn1nc(C(F)F)cc1C(F)F)NN=Cc1ccn(CC(F)(F)F)n1. The van der Waals surface area contributed by atoms with Crippen molar-refractivity contribution in [3.05, 3.63) is 35.4 Å². The first-order valence-corrected chi connectivity index (χ1v) is 7.11. The van der Waals surface area contributed by atoms with E-state index in [0.29, 0.717) is 15.4 Å². The summed E-state index contributed by atoms with van der Waals surface area (Å²) >= 11 is 0. The van der Waals surface area contributed by atoms with Gasteiger partial charge in [0.15, 0.2) is 0 Å². The van der Waals surface area contributed by atoms with Crippen LogP contribution in [0, 0.1) is 0 Å². The lowest BCUT2D eigenvalue weighted by Crippen LogP contribution is -2.25. The lowest BCUT2D eigenvalue weighted by molar-refractivity contribution is -0.142. The third-order valence-corrected chi connectivity index (χ3v) is 2.96. The minimum absolute atomic E-state index is 0.00750.